The van der Waals surface area contributed by atoms with Crippen LogP contribution in [0.1, 0.15) is 71.0 Å². The van der Waals surface area contributed by atoms with E-state index in [1.54, 1.807) is 11.8 Å². The highest BCUT2D eigenvalue weighted by Crippen LogP contribution is 2.46. The second-order valence-corrected chi connectivity index (χ2v) is 9.44. The fraction of sp³-hybridized carbons (Fsp3) is 0.857. The number of fused-ring (bicyclic) bond motifs is 2. The average Bonchev–Trinajstić information content (AvgIpc) is 3.06. The predicted molar refractivity (Wildman–Crippen MR) is 111 cm³/mol. The Morgan fingerprint density at radius 2 is 2.04 bits per heavy atom. The lowest BCUT2D eigenvalue weighted by molar-refractivity contribution is 0.0812. The summed E-state index contributed by atoms with van der Waals surface area (Å²) in [6, 6.07) is 0. The molecule has 2 fully saturated rings. The number of thioether (sulfide) groups is 1. The van der Waals surface area contributed by atoms with Crippen LogP contribution < -0.4 is 15.4 Å². The van der Waals surface area contributed by atoms with Gasteiger partial charge in [0, 0.05) is 12.1 Å². The van der Waals surface area contributed by atoms with Gasteiger partial charge in [-0.15, -0.1) is 11.8 Å². The molecule has 2 bridgehead atoms. The highest BCUT2D eigenvalue weighted by Gasteiger charge is 2.41. The topological polar surface area (TPSA) is 59.3 Å². The molecular formula is C21H37N3O2S. The molecule has 1 aromatic rings. The number of ether oxygens (including phenoxy) is 1. The predicted octanol–water partition coefficient (Wildman–Crippen LogP) is 4.61. The number of hydrogen-bond donors (Lipinski definition) is 2. The van der Waals surface area contributed by atoms with Crippen molar-refractivity contribution < 1.29 is 9.26 Å². The van der Waals surface area contributed by atoms with Gasteiger partial charge in [-0.1, -0.05) is 33.1 Å². The van der Waals surface area contributed by atoms with Crippen molar-refractivity contribution in [2.75, 3.05) is 26.0 Å². The average molecular weight is 396 g/mol. The zero-order valence-electron chi connectivity index (χ0n) is 17.3. The Kier molecular flexibility index (Phi) is 7.91. The molecule has 0 spiro atoms. The van der Waals surface area contributed by atoms with Crippen LogP contribution >= 0.6 is 11.8 Å². The first-order chi connectivity index (χ1) is 13.2. The van der Waals surface area contributed by atoms with Crippen molar-refractivity contribution in [2.24, 2.45) is 11.8 Å². The third-order valence-corrected chi connectivity index (χ3v) is 7.58. The highest BCUT2D eigenvalue weighted by molar-refractivity contribution is 7.99. The maximum atomic E-state index is 5.84. The van der Waals surface area contributed by atoms with Gasteiger partial charge in [-0.3, -0.25) is 0 Å². The number of likely N-dealkylation sites (N-methyl/N-ethyl adjacent to an activating group) is 1. The number of rotatable bonds is 11. The minimum atomic E-state index is 0.265. The lowest BCUT2D eigenvalue weighted by Gasteiger charge is -2.47. The minimum Gasteiger partial charge on any atom is -0.473 e. The number of hydrogen-bond acceptors (Lipinski definition) is 6. The van der Waals surface area contributed by atoms with Crippen LogP contribution in [0, 0.1) is 11.8 Å². The molecule has 1 aromatic heterocycles. The van der Waals surface area contributed by atoms with Gasteiger partial charge in [0.2, 0.25) is 0 Å². The first-order valence-corrected chi connectivity index (χ1v) is 11.8. The standard InChI is InChI=1S/C21H37N3O2S/c1-4-11-27-19-18(26-24-20(19)25-10-9-22-3)15-23-21(5-2)13-16-7-6-8-17(12-16)14-21/h16-17,22-23H,4-15H2,1-3H3. The van der Waals surface area contributed by atoms with Crippen molar-refractivity contribution >= 4 is 11.8 Å². The second-order valence-electron chi connectivity index (χ2n) is 8.33. The lowest BCUT2D eigenvalue weighted by atomic mass is 9.64. The monoisotopic (exact) mass is 395 g/mol. The molecule has 154 valence electrons. The molecule has 2 atom stereocenters. The molecule has 1 heterocycles. The van der Waals surface area contributed by atoms with Crippen molar-refractivity contribution in [3.05, 3.63) is 5.76 Å². The van der Waals surface area contributed by atoms with Crippen LogP contribution in [-0.4, -0.2) is 36.6 Å². The van der Waals surface area contributed by atoms with E-state index in [0.717, 1.165) is 47.8 Å². The Bertz CT molecular complexity index is 566. The van der Waals surface area contributed by atoms with Gasteiger partial charge in [0.1, 0.15) is 11.5 Å². The molecule has 2 aliphatic carbocycles. The van der Waals surface area contributed by atoms with Gasteiger partial charge >= 0.3 is 0 Å². The van der Waals surface area contributed by atoms with E-state index in [0.29, 0.717) is 12.5 Å². The molecule has 0 amide bonds. The van der Waals surface area contributed by atoms with E-state index in [1.165, 1.54) is 44.9 Å². The van der Waals surface area contributed by atoms with E-state index in [-0.39, 0.29) is 5.54 Å². The third kappa shape index (κ3) is 5.42. The number of aromatic nitrogens is 1. The minimum absolute atomic E-state index is 0.265. The van der Waals surface area contributed by atoms with Crippen LogP contribution in [0.15, 0.2) is 9.42 Å². The van der Waals surface area contributed by atoms with Gasteiger partial charge in [0.05, 0.1) is 6.54 Å². The maximum Gasteiger partial charge on any atom is 0.268 e. The molecule has 3 rings (SSSR count). The summed E-state index contributed by atoms with van der Waals surface area (Å²) >= 11 is 1.81. The molecule has 5 nitrogen and oxygen atoms in total. The normalized spacial score (nSPS) is 27.7. The molecule has 0 saturated heterocycles. The van der Waals surface area contributed by atoms with Crippen molar-refractivity contribution in [3.8, 4) is 5.88 Å². The summed E-state index contributed by atoms with van der Waals surface area (Å²) in [4.78, 5) is 1.09. The maximum absolute atomic E-state index is 5.84. The molecule has 2 aliphatic rings. The molecule has 27 heavy (non-hydrogen) atoms. The molecule has 0 aliphatic heterocycles. The van der Waals surface area contributed by atoms with E-state index in [2.05, 4.69) is 29.6 Å². The Morgan fingerprint density at radius 1 is 1.26 bits per heavy atom. The molecule has 0 aromatic carbocycles. The van der Waals surface area contributed by atoms with Crippen LogP contribution in [0.2, 0.25) is 0 Å². The summed E-state index contributed by atoms with van der Waals surface area (Å²) in [5.41, 5.74) is 0.265. The van der Waals surface area contributed by atoms with Crippen LogP contribution in [0.5, 0.6) is 5.88 Å². The van der Waals surface area contributed by atoms with Crippen molar-refractivity contribution in [2.45, 2.75) is 82.2 Å². The van der Waals surface area contributed by atoms with Gasteiger partial charge in [-0.2, -0.15) is 0 Å². The number of nitrogens with one attached hydrogen (secondary N) is 2. The van der Waals surface area contributed by atoms with E-state index >= 15 is 0 Å². The molecule has 2 N–H and O–H groups in total. The van der Waals surface area contributed by atoms with Crippen LogP contribution in [0.3, 0.4) is 0 Å². The fourth-order valence-electron chi connectivity index (χ4n) is 4.89. The van der Waals surface area contributed by atoms with Crippen molar-refractivity contribution in [1.82, 2.24) is 15.8 Å². The molecule has 2 unspecified atom stereocenters. The van der Waals surface area contributed by atoms with Crippen molar-refractivity contribution in [1.29, 1.82) is 0 Å². The molecule has 2 saturated carbocycles. The van der Waals surface area contributed by atoms with Gasteiger partial charge < -0.3 is 19.9 Å². The zero-order chi connectivity index (χ0) is 19.1. The van der Waals surface area contributed by atoms with Crippen LogP contribution in [0.25, 0.3) is 0 Å². The summed E-state index contributed by atoms with van der Waals surface area (Å²) in [6.07, 6.45) is 10.7. The van der Waals surface area contributed by atoms with Gasteiger partial charge in [0.25, 0.3) is 5.88 Å². The van der Waals surface area contributed by atoms with Crippen LogP contribution in [-0.2, 0) is 6.54 Å². The fourth-order valence-corrected chi connectivity index (χ4v) is 5.79. The summed E-state index contributed by atoms with van der Waals surface area (Å²) < 4.78 is 11.6. The molecule has 6 heteroatoms. The summed E-state index contributed by atoms with van der Waals surface area (Å²) in [7, 11) is 1.93. The van der Waals surface area contributed by atoms with E-state index in [4.69, 9.17) is 9.26 Å². The molecular weight excluding hydrogens is 358 g/mol. The van der Waals surface area contributed by atoms with Crippen LogP contribution in [0.4, 0.5) is 0 Å². The Morgan fingerprint density at radius 3 is 2.70 bits per heavy atom. The van der Waals surface area contributed by atoms with E-state index in [9.17, 15) is 0 Å². The first kappa shape index (κ1) is 21.0. The van der Waals surface area contributed by atoms with Gasteiger partial charge in [-0.25, -0.2) is 0 Å². The molecule has 0 radical (unpaired) electrons. The Hall–Kier alpha value is -0.720. The number of nitrogens with zero attached hydrogens (tertiary/aromatic N) is 1. The van der Waals surface area contributed by atoms with Crippen molar-refractivity contribution in [3.63, 3.8) is 0 Å². The van der Waals surface area contributed by atoms with E-state index < -0.39 is 0 Å². The third-order valence-electron chi connectivity index (χ3n) is 6.28. The smallest absolute Gasteiger partial charge is 0.268 e. The quantitative estimate of drug-likeness (QED) is 0.421. The summed E-state index contributed by atoms with van der Waals surface area (Å²) in [5.74, 6) is 4.48. The SMILES string of the molecule is CCCSc1c(OCCNC)noc1CNC1(CC)CC2CCCC(C2)C1. The van der Waals surface area contributed by atoms with E-state index in [1.807, 2.05) is 7.05 Å². The lowest BCUT2D eigenvalue weighted by Crippen LogP contribution is -2.51. The first-order valence-electron chi connectivity index (χ1n) is 10.8. The highest BCUT2D eigenvalue weighted by atomic mass is 32.2. The summed E-state index contributed by atoms with van der Waals surface area (Å²) in [5, 5.41) is 11.2. The Labute approximate surface area is 168 Å². The largest absolute Gasteiger partial charge is 0.473 e. The Balaban J connectivity index is 1.66. The zero-order valence-corrected chi connectivity index (χ0v) is 18.1. The summed E-state index contributed by atoms with van der Waals surface area (Å²) in [6.45, 7) is 6.71. The second kappa shape index (κ2) is 10.2. The van der Waals surface area contributed by atoms with Gasteiger partial charge in [0.15, 0.2) is 5.76 Å². The van der Waals surface area contributed by atoms with Gasteiger partial charge in [-0.05, 0) is 61.9 Å².